The van der Waals surface area contributed by atoms with Gasteiger partial charge in [-0.25, -0.2) is 22.9 Å². The van der Waals surface area contributed by atoms with Crippen molar-refractivity contribution < 1.29 is 32.2 Å². The third-order valence-electron chi connectivity index (χ3n) is 11.7. The number of aromatic nitrogens is 3. The molecule has 11 nitrogen and oxygen atoms in total. The predicted octanol–water partition coefficient (Wildman–Crippen LogP) is 6.21. The molecule has 5 aliphatic rings. The molecule has 53 heavy (non-hydrogen) atoms. The summed E-state index contributed by atoms with van der Waals surface area (Å²) in [4.78, 5) is 31.3. The van der Waals surface area contributed by atoms with Crippen molar-refractivity contribution in [2.24, 2.45) is 5.41 Å². The number of hydrogen-bond acceptors (Lipinski definition) is 10. The van der Waals surface area contributed by atoms with Crippen molar-refractivity contribution in [1.29, 1.82) is 0 Å². The van der Waals surface area contributed by atoms with E-state index in [4.69, 9.17) is 29.2 Å². The van der Waals surface area contributed by atoms with Crippen molar-refractivity contribution in [1.82, 2.24) is 30.5 Å². The summed E-state index contributed by atoms with van der Waals surface area (Å²) in [5.41, 5.74) is 1.15. The van der Waals surface area contributed by atoms with Crippen molar-refractivity contribution in [3.8, 4) is 28.9 Å². The minimum atomic E-state index is -0.751. The summed E-state index contributed by atoms with van der Waals surface area (Å²) in [5.74, 6) is -0.381. The van der Waals surface area contributed by atoms with Crippen molar-refractivity contribution in [3.63, 3.8) is 0 Å². The lowest BCUT2D eigenvalue weighted by molar-refractivity contribution is 0.154. The average molecular weight is 730 g/mol. The van der Waals surface area contributed by atoms with E-state index >= 15 is 8.78 Å². The Labute approximate surface area is 304 Å². The highest BCUT2D eigenvalue weighted by molar-refractivity contribution is 6.03. The van der Waals surface area contributed by atoms with Gasteiger partial charge in [0.05, 0.1) is 19.0 Å². The first-order chi connectivity index (χ1) is 25.7. The molecule has 0 unspecified atom stereocenters. The van der Waals surface area contributed by atoms with Crippen LogP contribution < -0.4 is 29.7 Å². The van der Waals surface area contributed by atoms with Crippen molar-refractivity contribution in [2.75, 3.05) is 44.7 Å². The lowest BCUT2D eigenvalue weighted by Crippen LogP contribution is -2.62. The summed E-state index contributed by atoms with van der Waals surface area (Å²) in [6.45, 7) is 6.98. The Morgan fingerprint density at radius 2 is 2.02 bits per heavy atom. The predicted molar refractivity (Wildman–Crippen MR) is 193 cm³/mol. The van der Waals surface area contributed by atoms with E-state index in [0.717, 1.165) is 50.8 Å². The maximum absolute atomic E-state index is 17.5. The fourth-order valence-corrected chi connectivity index (χ4v) is 8.96. The molecule has 9 rings (SSSR count). The Bertz CT molecular complexity index is 2180. The smallest absolute Gasteiger partial charge is 0.412 e. The van der Waals surface area contributed by atoms with Crippen LogP contribution in [0.3, 0.4) is 0 Å². The molecule has 2 N–H and O–H groups in total. The molecule has 4 aromatic rings. The minimum absolute atomic E-state index is 0.0222. The fraction of sp³-hybridized carbons (Fsp3) is 0.487. The number of benzene rings is 2. The second-order valence-electron chi connectivity index (χ2n) is 15.3. The maximum atomic E-state index is 17.5. The Morgan fingerprint density at radius 3 is 2.77 bits per heavy atom. The largest absolute Gasteiger partial charge is 0.472 e. The molecule has 0 radical (unpaired) electrons. The number of aryl methyl sites for hydroxylation is 1. The molecule has 0 spiro atoms. The number of rotatable bonds is 8. The van der Waals surface area contributed by atoms with E-state index in [1.54, 1.807) is 12.1 Å². The van der Waals surface area contributed by atoms with Gasteiger partial charge in [0.25, 0.3) is 0 Å². The SMILES string of the molecule is CCc1c(F)ccc2cc(OC(=O)NC)cc(-c3nc4c5c(nc(OCC6(CN7CCC(=CF)C7)CC6)nc5c3F)N3C[C@H]5CC[C@H](N5)[C@H]3[C@H](C)O4)c12. The summed E-state index contributed by atoms with van der Waals surface area (Å²) in [5, 5.41) is 7.51. The fourth-order valence-electron chi connectivity index (χ4n) is 8.96. The summed E-state index contributed by atoms with van der Waals surface area (Å²) in [6, 6.07) is 6.36. The van der Waals surface area contributed by atoms with Gasteiger partial charge in [-0.05, 0) is 85.6 Å². The van der Waals surface area contributed by atoms with E-state index in [0.29, 0.717) is 60.0 Å². The Morgan fingerprint density at radius 1 is 1.17 bits per heavy atom. The highest BCUT2D eigenvalue weighted by Crippen LogP contribution is 2.49. The summed E-state index contributed by atoms with van der Waals surface area (Å²) < 4.78 is 64.6. The number of amides is 1. The molecule has 14 heteroatoms. The van der Waals surface area contributed by atoms with Gasteiger partial charge in [0.15, 0.2) is 5.82 Å². The van der Waals surface area contributed by atoms with Crippen LogP contribution in [0.4, 0.5) is 23.8 Å². The number of carbonyl (C=O) groups is 1. The van der Waals surface area contributed by atoms with Crippen LogP contribution in [0.1, 0.15) is 51.5 Å². The molecule has 1 saturated carbocycles. The molecule has 278 valence electrons. The summed E-state index contributed by atoms with van der Waals surface area (Å²) in [7, 11) is 1.44. The van der Waals surface area contributed by atoms with Crippen LogP contribution in [0.15, 0.2) is 36.2 Å². The zero-order valence-corrected chi connectivity index (χ0v) is 30.0. The third-order valence-corrected chi connectivity index (χ3v) is 11.7. The maximum Gasteiger partial charge on any atom is 0.412 e. The molecule has 4 aliphatic heterocycles. The van der Waals surface area contributed by atoms with Gasteiger partial charge in [0.2, 0.25) is 5.88 Å². The van der Waals surface area contributed by atoms with Gasteiger partial charge in [-0.15, -0.1) is 0 Å². The lowest BCUT2D eigenvalue weighted by Gasteiger charge is -2.42. The number of ether oxygens (including phenoxy) is 3. The number of likely N-dealkylation sites (tertiary alicyclic amines) is 1. The zero-order chi connectivity index (χ0) is 36.6. The first-order valence-corrected chi connectivity index (χ1v) is 18.6. The standard InChI is InChI=1S/C39H42F3N7O4/c1-4-25-27(41)7-5-22-13-24(53-38(50)43-3)14-26(29(22)25)32-31(42)33-30-35(49-17-23-6-8-28(44-23)34(49)20(2)52-36(30)45-32)47-37(46-33)51-19-39(10-11-39)18-48-12-9-21(15-40)16-48/h5,7,13-15,20,23,28,34,44H,4,6,8-12,16-19H2,1-3H3,(H,43,50)/t20-,23+,28-,34+/m0/s1. The molecular formula is C39H42F3N7O4. The molecule has 4 atom stereocenters. The van der Waals surface area contributed by atoms with E-state index in [1.165, 1.54) is 19.2 Å². The van der Waals surface area contributed by atoms with E-state index in [9.17, 15) is 9.18 Å². The number of hydrogen-bond donors (Lipinski definition) is 2. The van der Waals surface area contributed by atoms with Gasteiger partial charge in [-0.3, -0.25) is 4.90 Å². The average Bonchev–Trinajstić information content (AvgIpc) is 3.64. The molecule has 4 fully saturated rings. The van der Waals surface area contributed by atoms with Crippen LogP contribution in [0, 0.1) is 17.0 Å². The van der Waals surface area contributed by atoms with Crippen LogP contribution in [0.25, 0.3) is 32.9 Å². The molecule has 2 aromatic heterocycles. The van der Waals surface area contributed by atoms with Gasteiger partial charge in [-0.2, -0.15) is 9.97 Å². The van der Waals surface area contributed by atoms with Gasteiger partial charge in [0.1, 0.15) is 40.1 Å². The Balaban J connectivity index is 1.20. The van der Waals surface area contributed by atoms with Crippen molar-refractivity contribution in [3.05, 3.63) is 53.4 Å². The number of nitrogens with zero attached hydrogens (tertiary/aromatic N) is 5. The van der Waals surface area contributed by atoms with Gasteiger partial charge in [0, 0.05) is 56.3 Å². The first-order valence-electron chi connectivity index (χ1n) is 18.6. The molecule has 2 aromatic carbocycles. The van der Waals surface area contributed by atoms with E-state index < -0.39 is 17.7 Å². The van der Waals surface area contributed by atoms with E-state index in [-0.39, 0.29) is 64.1 Å². The highest BCUT2D eigenvalue weighted by atomic mass is 19.1. The number of carbonyl (C=O) groups excluding carboxylic acids is 1. The van der Waals surface area contributed by atoms with Crippen LogP contribution >= 0.6 is 0 Å². The Kier molecular flexibility index (Phi) is 8.37. The third kappa shape index (κ3) is 5.90. The summed E-state index contributed by atoms with van der Waals surface area (Å²) in [6.07, 6.45) is 4.58. The normalized spacial score (nSPS) is 25.0. The number of anilines is 1. The summed E-state index contributed by atoms with van der Waals surface area (Å²) >= 11 is 0. The quantitative estimate of drug-likeness (QED) is 0.217. The monoisotopic (exact) mass is 729 g/mol. The number of nitrogens with one attached hydrogen (secondary N) is 2. The zero-order valence-electron chi connectivity index (χ0n) is 30.0. The van der Waals surface area contributed by atoms with E-state index in [1.807, 2.05) is 13.8 Å². The molecule has 2 bridgehead atoms. The van der Waals surface area contributed by atoms with Crippen LogP contribution in [0.5, 0.6) is 17.6 Å². The topological polar surface area (TPSA) is 114 Å². The van der Waals surface area contributed by atoms with Crippen molar-refractivity contribution in [2.45, 2.75) is 76.6 Å². The molecular weight excluding hydrogens is 687 g/mol. The number of fused-ring (bicyclic) bond motifs is 6. The van der Waals surface area contributed by atoms with Gasteiger partial charge >= 0.3 is 12.1 Å². The van der Waals surface area contributed by atoms with Gasteiger partial charge in [-0.1, -0.05) is 13.0 Å². The number of pyridine rings is 1. The highest BCUT2D eigenvalue weighted by Gasteiger charge is 2.48. The van der Waals surface area contributed by atoms with E-state index in [2.05, 4.69) is 20.4 Å². The number of piperazine rings is 1. The van der Waals surface area contributed by atoms with Crippen molar-refractivity contribution >= 4 is 33.6 Å². The number of halogens is 3. The van der Waals surface area contributed by atoms with Crippen LogP contribution in [-0.4, -0.2) is 90.0 Å². The minimum Gasteiger partial charge on any atom is -0.472 e. The Hall–Kier alpha value is -4.69. The lowest BCUT2D eigenvalue weighted by atomic mass is 9.94. The second-order valence-corrected chi connectivity index (χ2v) is 15.3. The molecule has 1 aliphatic carbocycles. The molecule has 6 heterocycles. The molecule has 1 amide bonds. The second kappa shape index (κ2) is 13.0. The first kappa shape index (κ1) is 34.1. The van der Waals surface area contributed by atoms with Gasteiger partial charge < -0.3 is 29.7 Å². The molecule has 3 saturated heterocycles. The van der Waals surface area contributed by atoms with Crippen LogP contribution in [0.2, 0.25) is 0 Å². The van der Waals surface area contributed by atoms with Crippen LogP contribution in [-0.2, 0) is 6.42 Å².